The van der Waals surface area contributed by atoms with Crippen LogP contribution in [0, 0.1) is 5.92 Å². The van der Waals surface area contributed by atoms with Crippen LogP contribution in [0.3, 0.4) is 0 Å². The van der Waals surface area contributed by atoms with Gasteiger partial charge in [0.2, 0.25) is 0 Å². The minimum Gasteiger partial charge on any atom is -0.328 e. The normalized spacial score (nSPS) is 27.3. The van der Waals surface area contributed by atoms with Gasteiger partial charge in [-0.05, 0) is 12.3 Å². The van der Waals surface area contributed by atoms with E-state index in [1.165, 1.54) is 30.1 Å². The summed E-state index contributed by atoms with van der Waals surface area (Å²) < 4.78 is 2.59. The van der Waals surface area contributed by atoms with Gasteiger partial charge in [-0.25, -0.2) is 4.98 Å². The van der Waals surface area contributed by atoms with E-state index in [1.54, 1.807) is 0 Å². The van der Waals surface area contributed by atoms with Crippen LogP contribution >= 0.6 is 0 Å². The third-order valence-corrected chi connectivity index (χ3v) is 4.21. The Morgan fingerprint density at radius 3 is 2.94 bits per heavy atom. The first-order valence-electron chi connectivity index (χ1n) is 7.03. The van der Waals surface area contributed by atoms with Crippen molar-refractivity contribution in [2.75, 3.05) is 6.54 Å². The van der Waals surface area contributed by atoms with Crippen molar-refractivity contribution >= 4 is 0 Å². The summed E-state index contributed by atoms with van der Waals surface area (Å²) in [5, 5.41) is 3.43. The van der Waals surface area contributed by atoms with Gasteiger partial charge in [-0.1, -0.05) is 27.2 Å². The van der Waals surface area contributed by atoms with Crippen LogP contribution < -0.4 is 5.32 Å². The molecule has 17 heavy (non-hydrogen) atoms. The summed E-state index contributed by atoms with van der Waals surface area (Å²) >= 11 is 0. The number of hydrogen-bond acceptors (Lipinski definition) is 2. The SMILES string of the molecule is CCC1CC1n1c(C(C)C)nc2c1CCNC2. The van der Waals surface area contributed by atoms with Crippen LogP contribution in [-0.4, -0.2) is 16.1 Å². The summed E-state index contributed by atoms with van der Waals surface area (Å²) in [4.78, 5) is 4.88. The largest absolute Gasteiger partial charge is 0.328 e. The zero-order valence-electron chi connectivity index (χ0n) is 11.2. The first kappa shape index (κ1) is 11.3. The van der Waals surface area contributed by atoms with E-state index in [0.717, 1.165) is 31.5 Å². The molecular weight excluding hydrogens is 210 g/mol. The second kappa shape index (κ2) is 4.13. The molecule has 2 aliphatic rings. The van der Waals surface area contributed by atoms with Crippen molar-refractivity contribution in [2.24, 2.45) is 5.92 Å². The van der Waals surface area contributed by atoms with E-state index in [4.69, 9.17) is 4.98 Å². The Labute approximate surface area is 104 Å². The molecular formula is C14H23N3. The second-order valence-corrected chi connectivity index (χ2v) is 5.79. The van der Waals surface area contributed by atoms with Crippen molar-refractivity contribution in [3.63, 3.8) is 0 Å². The third-order valence-electron chi connectivity index (χ3n) is 4.21. The quantitative estimate of drug-likeness (QED) is 0.869. The van der Waals surface area contributed by atoms with Crippen LogP contribution in [0.4, 0.5) is 0 Å². The Kier molecular flexibility index (Phi) is 2.74. The Morgan fingerprint density at radius 2 is 2.29 bits per heavy atom. The fraction of sp³-hybridized carbons (Fsp3) is 0.786. The number of rotatable bonds is 3. The van der Waals surface area contributed by atoms with E-state index < -0.39 is 0 Å². The molecule has 1 aliphatic carbocycles. The summed E-state index contributed by atoms with van der Waals surface area (Å²) in [6.07, 6.45) is 3.84. The molecule has 94 valence electrons. The van der Waals surface area contributed by atoms with E-state index in [1.807, 2.05) is 0 Å². The number of aromatic nitrogens is 2. The van der Waals surface area contributed by atoms with Crippen LogP contribution in [0.15, 0.2) is 0 Å². The van der Waals surface area contributed by atoms with Gasteiger partial charge in [0, 0.05) is 37.2 Å². The number of imidazole rings is 1. The molecule has 0 spiro atoms. The molecule has 0 radical (unpaired) electrons. The Balaban J connectivity index is 2.01. The highest BCUT2D eigenvalue weighted by Crippen LogP contribution is 2.48. The van der Waals surface area contributed by atoms with E-state index in [-0.39, 0.29) is 0 Å². The minimum absolute atomic E-state index is 0.540. The van der Waals surface area contributed by atoms with Gasteiger partial charge in [-0.3, -0.25) is 0 Å². The predicted molar refractivity (Wildman–Crippen MR) is 69.2 cm³/mol. The van der Waals surface area contributed by atoms with Gasteiger partial charge in [0.05, 0.1) is 5.69 Å². The van der Waals surface area contributed by atoms with Crippen LogP contribution in [0.5, 0.6) is 0 Å². The van der Waals surface area contributed by atoms with E-state index in [2.05, 4.69) is 30.7 Å². The summed E-state index contributed by atoms with van der Waals surface area (Å²) in [5.74, 6) is 2.76. The molecule has 1 fully saturated rings. The van der Waals surface area contributed by atoms with Crippen molar-refractivity contribution in [2.45, 2.75) is 58.5 Å². The molecule has 3 heteroatoms. The molecule has 3 rings (SSSR count). The van der Waals surface area contributed by atoms with Gasteiger partial charge < -0.3 is 9.88 Å². The molecule has 0 aromatic carbocycles. The Hall–Kier alpha value is -0.830. The highest BCUT2D eigenvalue weighted by Gasteiger charge is 2.40. The van der Waals surface area contributed by atoms with Crippen LogP contribution in [-0.2, 0) is 13.0 Å². The van der Waals surface area contributed by atoms with Crippen molar-refractivity contribution < 1.29 is 0 Å². The maximum absolute atomic E-state index is 4.88. The number of fused-ring (bicyclic) bond motifs is 1. The zero-order valence-corrected chi connectivity index (χ0v) is 11.2. The summed E-state index contributed by atoms with van der Waals surface area (Å²) in [6, 6.07) is 0.756. The van der Waals surface area contributed by atoms with Crippen LogP contribution in [0.25, 0.3) is 0 Å². The average Bonchev–Trinajstić information content (AvgIpc) is 3.00. The van der Waals surface area contributed by atoms with Crippen molar-refractivity contribution in [1.82, 2.24) is 14.9 Å². The molecule has 0 bridgehead atoms. The molecule has 1 saturated carbocycles. The van der Waals surface area contributed by atoms with E-state index >= 15 is 0 Å². The predicted octanol–water partition coefficient (Wildman–Crippen LogP) is 2.62. The fourth-order valence-electron chi connectivity index (χ4n) is 3.12. The molecule has 2 heterocycles. The van der Waals surface area contributed by atoms with Crippen LogP contribution in [0.2, 0.25) is 0 Å². The number of nitrogens with one attached hydrogen (secondary N) is 1. The molecule has 1 N–H and O–H groups in total. The van der Waals surface area contributed by atoms with Gasteiger partial charge in [0.25, 0.3) is 0 Å². The average molecular weight is 233 g/mol. The van der Waals surface area contributed by atoms with Gasteiger partial charge in [-0.15, -0.1) is 0 Å². The standard InChI is InChI=1S/C14H23N3/c1-4-10-7-13(10)17-12-5-6-15-8-11(12)16-14(17)9(2)3/h9-10,13,15H,4-8H2,1-3H3. The molecule has 0 saturated heterocycles. The molecule has 1 aromatic rings. The lowest BCUT2D eigenvalue weighted by Crippen LogP contribution is -2.25. The number of nitrogens with zero attached hydrogens (tertiary/aromatic N) is 2. The highest BCUT2D eigenvalue weighted by molar-refractivity contribution is 5.24. The van der Waals surface area contributed by atoms with Gasteiger partial charge in [0.1, 0.15) is 5.82 Å². The van der Waals surface area contributed by atoms with Gasteiger partial charge >= 0.3 is 0 Å². The summed E-state index contributed by atoms with van der Waals surface area (Å²) in [5.41, 5.74) is 2.83. The van der Waals surface area contributed by atoms with Crippen molar-refractivity contribution in [3.05, 3.63) is 17.2 Å². The Bertz CT molecular complexity index is 419. The maximum atomic E-state index is 4.88. The first-order chi connectivity index (χ1) is 8.22. The van der Waals surface area contributed by atoms with Gasteiger partial charge in [0.15, 0.2) is 0 Å². The lowest BCUT2D eigenvalue weighted by Gasteiger charge is -2.17. The first-order valence-corrected chi connectivity index (χ1v) is 7.03. The lowest BCUT2D eigenvalue weighted by molar-refractivity contribution is 0.549. The maximum Gasteiger partial charge on any atom is 0.112 e. The lowest BCUT2D eigenvalue weighted by atomic mass is 10.1. The molecule has 2 atom stereocenters. The van der Waals surface area contributed by atoms with Gasteiger partial charge in [-0.2, -0.15) is 0 Å². The van der Waals surface area contributed by atoms with Crippen molar-refractivity contribution in [3.8, 4) is 0 Å². The third kappa shape index (κ3) is 1.81. The second-order valence-electron chi connectivity index (χ2n) is 5.79. The zero-order chi connectivity index (χ0) is 12.0. The summed E-state index contributed by atoms with van der Waals surface area (Å²) in [6.45, 7) is 8.91. The molecule has 1 aromatic heterocycles. The van der Waals surface area contributed by atoms with E-state index in [9.17, 15) is 0 Å². The topological polar surface area (TPSA) is 29.9 Å². The molecule has 3 nitrogen and oxygen atoms in total. The number of hydrogen-bond donors (Lipinski definition) is 1. The molecule has 1 aliphatic heterocycles. The van der Waals surface area contributed by atoms with E-state index in [0.29, 0.717) is 5.92 Å². The van der Waals surface area contributed by atoms with Crippen LogP contribution in [0.1, 0.15) is 62.8 Å². The summed E-state index contributed by atoms with van der Waals surface area (Å²) in [7, 11) is 0. The smallest absolute Gasteiger partial charge is 0.112 e. The Morgan fingerprint density at radius 1 is 1.47 bits per heavy atom. The molecule has 2 unspecified atom stereocenters. The van der Waals surface area contributed by atoms with Crippen molar-refractivity contribution in [1.29, 1.82) is 0 Å². The fourth-order valence-corrected chi connectivity index (χ4v) is 3.12. The monoisotopic (exact) mass is 233 g/mol. The molecule has 0 amide bonds. The minimum atomic E-state index is 0.540. The highest BCUT2D eigenvalue weighted by atomic mass is 15.2.